The summed E-state index contributed by atoms with van der Waals surface area (Å²) in [5.74, 6) is 0.980. The number of unbranched alkanes of at least 4 members (excludes halogenated alkanes) is 3. The fourth-order valence-corrected chi connectivity index (χ4v) is 1.82. The Morgan fingerprint density at radius 2 is 2.00 bits per heavy atom. The van der Waals surface area contributed by atoms with E-state index >= 15 is 0 Å². The molecule has 1 saturated carbocycles. The zero-order chi connectivity index (χ0) is 11.1. The lowest BCUT2D eigenvalue weighted by molar-refractivity contribution is -0.121. The van der Waals surface area contributed by atoms with Gasteiger partial charge < -0.3 is 11.1 Å². The normalized spacial score (nSPS) is 17.5. The van der Waals surface area contributed by atoms with E-state index < -0.39 is 0 Å². The highest BCUT2D eigenvalue weighted by molar-refractivity contribution is 5.76. The summed E-state index contributed by atoms with van der Waals surface area (Å²) in [5, 5.41) is 3.07. The van der Waals surface area contributed by atoms with Gasteiger partial charge >= 0.3 is 0 Å². The SMILES string of the molecule is CC(NC(=O)CCCCCCN)C1CC1. The molecule has 3 nitrogen and oxygen atoms in total. The third kappa shape index (κ3) is 5.78. The first-order chi connectivity index (χ1) is 7.24. The van der Waals surface area contributed by atoms with Crippen LogP contribution < -0.4 is 11.1 Å². The summed E-state index contributed by atoms with van der Waals surface area (Å²) in [7, 11) is 0. The van der Waals surface area contributed by atoms with Gasteiger partial charge in [0.05, 0.1) is 0 Å². The van der Waals surface area contributed by atoms with Crippen LogP contribution in [0, 0.1) is 5.92 Å². The summed E-state index contributed by atoms with van der Waals surface area (Å²) in [4.78, 5) is 11.5. The van der Waals surface area contributed by atoms with Crippen molar-refractivity contribution in [2.75, 3.05) is 6.54 Å². The predicted molar refractivity (Wildman–Crippen MR) is 62.5 cm³/mol. The van der Waals surface area contributed by atoms with Crippen LogP contribution in [0.15, 0.2) is 0 Å². The third-order valence-corrected chi connectivity index (χ3v) is 3.08. The zero-order valence-corrected chi connectivity index (χ0v) is 9.80. The van der Waals surface area contributed by atoms with Gasteiger partial charge in [0.25, 0.3) is 0 Å². The maximum atomic E-state index is 11.5. The lowest BCUT2D eigenvalue weighted by Gasteiger charge is -2.12. The van der Waals surface area contributed by atoms with Crippen LogP contribution in [0.1, 0.15) is 51.9 Å². The van der Waals surface area contributed by atoms with E-state index in [1.165, 1.54) is 12.8 Å². The first kappa shape index (κ1) is 12.5. The van der Waals surface area contributed by atoms with Gasteiger partial charge in [0.15, 0.2) is 0 Å². The van der Waals surface area contributed by atoms with Gasteiger partial charge in [0.1, 0.15) is 0 Å². The number of nitrogens with one attached hydrogen (secondary N) is 1. The predicted octanol–water partition coefficient (Wildman–Crippen LogP) is 1.81. The number of hydrogen-bond acceptors (Lipinski definition) is 2. The number of carbonyl (C=O) groups is 1. The maximum Gasteiger partial charge on any atom is 0.220 e. The highest BCUT2D eigenvalue weighted by atomic mass is 16.1. The van der Waals surface area contributed by atoms with Gasteiger partial charge in [-0.2, -0.15) is 0 Å². The van der Waals surface area contributed by atoms with E-state index in [4.69, 9.17) is 5.73 Å². The van der Waals surface area contributed by atoms with Crippen molar-refractivity contribution in [2.45, 2.75) is 57.9 Å². The molecule has 1 aliphatic rings. The minimum atomic E-state index is 0.224. The van der Waals surface area contributed by atoms with Crippen molar-refractivity contribution >= 4 is 5.91 Å². The molecule has 0 bridgehead atoms. The number of hydrogen-bond donors (Lipinski definition) is 2. The fourth-order valence-electron chi connectivity index (χ4n) is 1.82. The molecule has 0 saturated heterocycles. The Balaban J connectivity index is 1.93. The molecular formula is C12H24N2O. The molecule has 0 aromatic rings. The highest BCUT2D eigenvalue weighted by Crippen LogP contribution is 2.32. The van der Waals surface area contributed by atoms with Gasteiger partial charge in [-0.1, -0.05) is 12.8 Å². The minimum absolute atomic E-state index is 0.224. The first-order valence-corrected chi connectivity index (χ1v) is 6.23. The lowest BCUT2D eigenvalue weighted by Crippen LogP contribution is -2.33. The van der Waals surface area contributed by atoms with Crippen molar-refractivity contribution in [3.63, 3.8) is 0 Å². The summed E-state index contributed by atoms with van der Waals surface area (Å²) in [6, 6.07) is 0.390. The minimum Gasteiger partial charge on any atom is -0.353 e. The summed E-state index contributed by atoms with van der Waals surface area (Å²) in [6.45, 7) is 2.88. The van der Waals surface area contributed by atoms with E-state index in [0.717, 1.165) is 38.1 Å². The molecule has 0 aromatic carbocycles. The van der Waals surface area contributed by atoms with E-state index in [0.29, 0.717) is 12.5 Å². The number of carbonyl (C=O) groups excluding carboxylic acids is 1. The van der Waals surface area contributed by atoms with Crippen LogP contribution in [-0.4, -0.2) is 18.5 Å². The molecule has 1 fully saturated rings. The van der Waals surface area contributed by atoms with Gasteiger partial charge in [0, 0.05) is 12.5 Å². The Hall–Kier alpha value is -0.570. The van der Waals surface area contributed by atoms with E-state index in [2.05, 4.69) is 12.2 Å². The van der Waals surface area contributed by atoms with Crippen LogP contribution in [-0.2, 0) is 4.79 Å². The average molecular weight is 212 g/mol. The Kier molecular flexibility index (Phi) is 5.69. The summed E-state index contributed by atoms with van der Waals surface area (Å²) < 4.78 is 0. The van der Waals surface area contributed by atoms with Crippen LogP contribution in [0.3, 0.4) is 0 Å². The summed E-state index contributed by atoms with van der Waals surface area (Å²) in [6.07, 6.45) is 7.63. The van der Waals surface area contributed by atoms with Crippen molar-refractivity contribution in [1.82, 2.24) is 5.32 Å². The molecule has 1 aliphatic carbocycles. The van der Waals surface area contributed by atoms with E-state index in [1.807, 2.05) is 0 Å². The molecule has 0 spiro atoms. The zero-order valence-electron chi connectivity index (χ0n) is 9.80. The summed E-state index contributed by atoms with van der Waals surface area (Å²) >= 11 is 0. The standard InChI is InChI=1S/C12H24N2O/c1-10(11-7-8-11)14-12(15)6-4-2-3-5-9-13/h10-11H,2-9,13H2,1H3,(H,14,15). The number of nitrogens with two attached hydrogens (primary N) is 1. The topological polar surface area (TPSA) is 55.1 Å². The van der Waals surface area contributed by atoms with Gasteiger partial charge in [-0.25, -0.2) is 0 Å². The van der Waals surface area contributed by atoms with Crippen molar-refractivity contribution in [1.29, 1.82) is 0 Å². The van der Waals surface area contributed by atoms with E-state index in [-0.39, 0.29) is 5.91 Å². The smallest absolute Gasteiger partial charge is 0.220 e. The molecule has 3 heteroatoms. The van der Waals surface area contributed by atoms with E-state index in [9.17, 15) is 4.79 Å². The van der Waals surface area contributed by atoms with Crippen molar-refractivity contribution in [3.8, 4) is 0 Å². The summed E-state index contributed by atoms with van der Waals surface area (Å²) in [5.41, 5.74) is 5.40. The monoisotopic (exact) mass is 212 g/mol. The molecular weight excluding hydrogens is 188 g/mol. The van der Waals surface area contributed by atoms with Gasteiger partial charge in [-0.05, 0) is 45.1 Å². The van der Waals surface area contributed by atoms with Gasteiger partial charge in [-0.15, -0.1) is 0 Å². The molecule has 0 aliphatic heterocycles. The van der Waals surface area contributed by atoms with Crippen LogP contribution in [0.2, 0.25) is 0 Å². The molecule has 3 N–H and O–H groups in total. The Morgan fingerprint density at radius 1 is 1.33 bits per heavy atom. The number of rotatable bonds is 8. The molecule has 0 heterocycles. The lowest BCUT2D eigenvalue weighted by atomic mass is 10.1. The van der Waals surface area contributed by atoms with Gasteiger partial charge in [-0.3, -0.25) is 4.79 Å². The first-order valence-electron chi connectivity index (χ1n) is 6.23. The van der Waals surface area contributed by atoms with Crippen LogP contribution in [0.25, 0.3) is 0 Å². The molecule has 1 atom stereocenters. The second-order valence-corrected chi connectivity index (χ2v) is 4.65. The second-order valence-electron chi connectivity index (χ2n) is 4.65. The molecule has 15 heavy (non-hydrogen) atoms. The third-order valence-electron chi connectivity index (χ3n) is 3.08. The highest BCUT2D eigenvalue weighted by Gasteiger charge is 2.28. The van der Waals surface area contributed by atoms with Crippen LogP contribution in [0.5, 0.6) is 0 Å². The van der Waals surface area contributed by atoms with Crippen molar-refractivity contribution in [3.05, 3.63) is 0 Å². The van der Waals surface area contributed by atoms with Crippen molar-refractivity contribution < 1.29 is 4.79 Å². The quantitative estimate of drug-likeness (QED) is 0.603. The van der Waals surface area contributed by atoms with Crippen LogP contribution in [0.4, 0.5) is 0 Å². The Labute approximate surface area is 92.8 Å². The van der Waals surface area contributed by atoms with Crippen LogP contribution >= 0.6 is 0 Å². The van der Waals surface area contributed by atoms with E-state index in [1.54, 1.807) is 0 Å². The maximum absolute atomic E-state index is 11.5. The molecule has 1 unspecified atom stereocenters. The molecule has 0 radical (unpaired) electrons. The Bertz CT molecular complexity index is 190. The second kappa shape index (κ2) is 6.83. The van der Waals surface area contributed by atoms with Gasteiger partial charge in [0.2, 0.25) is 5.91 Å². The molecule has 1 rings (SSSR count). The fraction of sp³-hybridized carbons (Fsp3) is 0.917. The number of amides is 1. The molecule has 1 amide bonds. The molecule has 88 valence electrons. The Morgan fingerprint density at radius 3 is 2.60 bits per heavy atom. The molecule has 0 aromatic heterocycles. The largest absolute Gasteiger partial charge is 0.353 e. The van der Waals surface area contributed by atoms with Crippen molar-refractivity contribution in [2.24, 2.45) is 11.7 Å². The average Bonchev–Trinajstić information content (AvgIpc) is 3.00.